The second-order valence-corrected chi connectivity index (χ2v) is 6.01. The van der Waals surface area contributed by atoms with E-state index >= 15 is 0 Å². The molecule has 0 aliphatic carbocycles. The van der Waals surface area contributed by atoms with Crippen molar-refractivity contribution in [2.24, 2.45) is 0 Å². The molecule has 0 amide bonds. The fraction of sp³-hybridized carbons (Fsp3) is 0.333. The number of hydrogen-bond donors (Lipinski definition) is 0. The summed E-state index contributed by atoms with van der Waals surface area (Å²) in [4.78, 5) is 0. The second kappa shape index (κ2) is 6.43. The molecule has 0 aliphatic rings. The Morgan fingerprint density at radius 2 is 2.00 bits per heavy atom. The Balaban J connectivity index is 2.58. The molecule has 3 heteroatoms. The highest BCUT2D eigenvalue weighted by molar-refractivity contribution is 6.52. The van der Waals surface area contributed by atoms with Crippen molar-refractivity contribution >= 4 is 15.1 Å². The second-order valence-electron chi connectivity index (χ2n) is 3.38. The molecule has 82 valence electrons. The minimum absolute atomic E-state index is 0.764. The van der Waals surface area contributed by atoms with Gasteiger partial charge < -0.3 is 9.16 Å². The van der Waals surface area contributed by atoms with Crippen LogP contribution in [-0.4, -0.2) is 22.4 Å². The van der Waals surface area contributed by atoms with E-state index in [4.69, 9.17) is 9.16 Å². The predicted molar refractivity (Wildman–Crippen MR) is 66.7 cm³/mol. The molecule has 1 aromatic rings. The van der Waals surface area contributed by atoms with E-state index in [-0.39, 0.29) is 0 Å². The van der Waals surface area contributed by atoms with Crippen LogP contribution in [0.25, 0.3) is 6.08 Å². The summed E-state index contributed by atoms with van der Waals surface area (Å²) in [5.74, 6) is 0.941. The van der Waals surface area contributed by atoms with Crippen LogP contribution >= 0.6 is 0 Å². The third-order valence-electron chi connectivity index (χ3n) is 2.23. The van der Waals surface area contributed by atoms with Crippen LogP contribution in [0, 0.1) is 0 Å². The molecule has 0 N–H and O–H groups in total. The van der Waals surface area contributed by atoms with Gasteiger partial charge in [0.05, 0.1) is 6.23 Å². The van der Waals surface area contributed by atoms with Crippen molar-refractivity contribution in [1.29, 1.82) is 0 Å². The normalized spacial score (nSPS) is 12.1. The molecule has 0 fully saturated rings. The molecular formula is C12H18O2Si. The summed E-state index contributed by atoms with van der Waals surface area (Å²) in [6.45, 7) is 5.86. The zero-order valence-electron chi connectivity index (χ0n) is 9.40. The van der Waals surface area contributed by atoms with Gasteiger partial charge in [0, 0.05) is 7.11 Å². The molecule has 0 saturated carbocycles. The summed E-state index contributed by atoms with van der Waals surface area (Å²) >= 11 is 0. The van der Waals surface area contributed by atoms with Crippen molar-refractivity contribution in [2.75, 3.05) is 13.3 Å². The zero-order chi connectivity index (χ0) is 11.1. The molecular weight excluding hydrogens is 204 g/mol. The molecule has 0 aromatic heterocycles. The molecule has 0 bridgehead atoms. The Morgan fingerprint density at radius 1 is 1.33 bits per heavy atom. The molecule has 1 rings (SSSR count). The van der Waals surface area contributed by atoms with E-state index in [1.54, 1.807) is 7.11 Å². The smallest absolute Gasteiger partial charge is 0.260 e. The van der Waals surface area contributed by atoms with Gasteiger partial charge in [-0.3, -0.25) is 0 Å². The average molecular weight is 222 g/mol. The van der Waals surface area contributed by atoms with E-state index in [2.05, 4.69) is 13.5 Å². The number of benzene rings is 1. The first kappa shape index (κ1) is 12.0. The van der Waals surface area contributed by atoms with Gasteiger partial charge in [-0.05, 0) is 23.7 Å². The van der Waals surface area contributed by atoms with Crippen LogP contribution in [0.3, 0.4) is 0 Å². The minimum Gasteiger partial charge on any atom is -0.544 e. The van der Waals surface area contributed by atoms with Gasteiger partial charge in [-0.15, -0.1) is 0 Å². The molecule has 0 aliphatic heterocycles. The van der Waals surface area contributed by atoms with Crippen molar-refractivity contribution in [3.05, 3.63) is 36.4 Å². The molecule has 0 radical (unpaired) electrons. The van der Waals surface area contributed by atoms with Gasteiger partial charge in [-0.2, -0.15) is 0 Å². The highest BCUT2D eigenvalue weighted by atomic mass is 28.3. The highest BCUT2D eigenvalue weighted by Gasteiger charge is 2.10. The van der Waals surface area contributed by atoms with Crippen LogP contribution in [0.15, 0.2) is 30.8 Å². The van der Waals surface area contributed by atoms with Crippen LogP contribution < -0.4 is 4.43 Å². The molecule has 1 aromatic carbocycles. The highest BCUT2D eigenvalue weighted by Crippen LogP contribution is 2.14. The Bertz CT molecular complexity index is 295. The summed E-state index contributed by atoms with van der Waals surface area (Å²) < 4.78 is 11.0. The third-order valence-corrected chi connectivity index (χ3v) is 4.45. The Kier molecular flexibility index (Phi) is 5.14. The summed E-state index contributed by atoms with van der Waals surface area (Å²) in [5, 5.41) is 0. The van der Waals surface area contributed by atoms with E-state index in [1.165, 1.54) is 0 Å². The fourth-order valence-electron chi connectivity index (χ4n) is 1.30. The summed E-state index contributed by atoms with van der Waals surface area (Å²) in [5.41, 5.74) is 1.11. The van der Waals surface area contributed by atoms with Crippen LogP contribution in [0.5, 0.6) is 5.75 Å². The first-order valence-corrected chi connectivity index (χ1v) is 7.28. The lowest BCUT2D eigenvalue weighted by Crippen LogP contribution is -2.26. The molecule has 0 heterocycles. The lowest BCUT2D eigenvalue weighted by atomic mass is 10.2. The van der Waals surface area contributed by atoms with Crippen molar-refractivity contribution < 1.29 is 9.16 Å². The first-order chi connectivity index (χ1) is 7.30. The van der Waals surface area contributed by atoms with Crippen LogP contribution in [0.1, 0.15) is 12.5 Å². The summed E-state index contributed by atoms with van der Waals surface area (Å²) in [6.07, 6.45) is 2.59. The maximum Gasteiger partial charge on any atom is 0.260 e. The monoisotopic (exact) mass is 222 g/mol. The SMILES string of the molecule is C=Cc1ccc(O[SiH](CC)COC)cc1. The average Bonchev–Trinajstić information content (AvgIpc) is 2.29. The van der Waals surface area contributed by atoms with E-state index in [0.29, 0.717) is 0 Å². The lowest BCUT2D eigenvalue weighted by molar-refractivity contribution is 0.238. The predicted octanol–water partition coefficient (Wildman–Crippen LogP) is 2.64. The van der Waals surface area contributed by atoms with E-state index in [9.17, 15) is 0 Å². The van der Waals surface area contributed by atoms with Gasteiger partial charge in [-0.1, -0.05) is 31.7 Å². The van der Waals surface area contributed by atoms with E-state index in [0.717, 1.165) is 23.6 Å². The maximum atomic E-state index is 5.88. The molecule has 0 spiro atoms. The standard InChI is InChI=1S/C12H18O2Si/c1-4-11-6-8-12(9-7-11)14-15(5-2)10-13-3/h4,6-9,15H,1,5,10H2,2-3H3. The number of ether oxygens (including phenoxy) is 1. The van der Waals surface area contributed by atoms with Gasteiger partial charge >= 0.3 is 0 Å². The molecule has 0 saturated heterocycles. The van der Waals surface area contributed by atoms with Crippen molar-refractivity contribution in [3.8, 4) is 5.75 Å². The van der Waals surface area contributed by atoms with E-state index < -0.39 is 9.04 Å². The van der Waals surface area contributed by atoms with Crippen molar-refractivity contribution in [1.82, 2.24) is 0 Å². The van der Waals surface area contributed by atoms with Crippen molar-refractivity contribution in [2.45, 2.75) is 13.0 Å². The van der Waals surface area contributed by atoms with Gasteiger partial charge in [0.25, 0.3) is 9.04 Å². The number of hydrogen-bond acceptors (Lipinski definition) is 2. The van der Waals surface area contributed by atoms with Crippen LogP contribution in [-0.2, 0) is 4.74 Å². The zero-order valence-corrected chi connectivity index (χ0v) is 10.6. The van der Waals surface area contributed by atoms with Crippen LogP contribution in [0.2, 0.25) is 6.04 Å². The first-order valence-electron chi connectivity index (χ1n) is 5.18. The largest absolute Gasteiger partial charge is 0.544 e. The minimum atomic E-state index is -1.21. The Labute approximate surface area is 93.3 Å². The quantitative estimate of drug-likeness (QED) is 0.689. The molecule has 1 unspecified atom stereocenters. The lowest BCUT2D eigenvalue weighted by Gasteiger charge is -2.15. The molecule has 15 heavy (non-hydrogen) atoms. The summed E-state index contributed by atoms with van der Waals surface area (Å²) in [7, 11) is 0.510. The topological polar surface area (TPSA) is 18.5 Å². The number of methoxy groups -OCH3 is 1. The van der Waals surface area contributed by atoms with E-state index in [1.807, 2.05) is 30.3 Å². The maximum absolute atomic E-state index is 5.88. The number of rotatable bonds is 6. The van der Waals surface area contributed by atoms with Gasteiger partial charge in [0.2, 0.25) is 0 Å². The fourth-order valence-corrected chi connectivity index (χ4v) is 2.68. The Hall–Kier alpha value is -1.06. The Morgan fingerprint density at radius 3 is 2.47 bits per heavy atom. The van der Waals surface area contributed by atoms with Gasteiger partial charge in [0.15, 0.2) is 0 Å². The van der Waals surface area contributed by atoms with Crippen LogP contribution in [0.4, 0.5) is 0 Å². The summed E-state index contributed by atoms with van der Waals surface area (Å²) in [6, 6.07) is 9.08. The van der Waals surface area contributed by atoms with Crippen molar-refractivity contribution in [3.63, 3.8) is 0 Å². The van der Waals surface area contributed by atoms with Gasteiger partial charge in [-0.25, -0.2) is 0 Å². The molecule has 2 nitrogen and oxygen atoms in total. The van der Waals surface area contributed by atoms with Gasteiger partial charge in [0.1, 0.15) is 5.75 Å². The molecule has 1 atom stereocenters. The third kappa shape index (κ3) is 3.89.